The summed E-state index contributed by atoms with van der Waals surface area (Å²) in [6, 6.07) is 30.6. The average molecular weight is 367 g/mol. The molecule has 0 saturated carbocycles. The van der Waals surface area contributed by atoms with Gasteiger partial charge in [-0.1, -0.05) is 91.0 Å². The van der Waals surface area contributed by atoms with Gasteiger partial charge in [-0.2, -0.15) is 0 Å². The van der Waals surface area contributed by atoms with Crippen molar-refractivity contribution in [2.45, 2.75) is 12.7 Å². The van der Waals surface area contributed by atoms with Crippen LogP contribution in [-0.4, -0.2) is 18.7 Å². The molecule has 25 heavy (non-hydrogen) atoms. The van der Waals surface area contributed by atoms with Crippen molar-refractivity contribution in [1.29, 1.82) is 0 Å². The van der Waals surface area contributed by atoms with Crippen molar-refractivity contribution in [2.75, 3.05) is 0 Å². The van der Waals surface area contributed by atoms with Crippen LogP contribution in [0.15, 0.2) is 91.0 Å². The molecule has 1 N–H and O–H groups in total. The van der Waals surface area contributed by atoms with E-state index in [9.17, 15) is 9.46 Å². The van der Waals surface area contributed by atoms with E-state index in [1.807, 2.05) is 61.5 Å². The summed E-state index contributed by atoms with van der Waals surface area (Å²) < 4.78 is 17.0. The van der Waals surface area contributed by atoms with Crippen molar-refractivity contribution in [3.05, 3.63) is 91.0 Å². The maximum atomic E-state index is 11.5. The van der Waals surface area contributed by atoms with Crippen LogP contribution in [0.25, 0.3) is 0 Å². The van der Waals surface area contributed by atoms with Crippen molar-refractivity contribution >= 4 is 31.9 Å². The molecule has 0 fully saturated rings. The number of benzene rings is 3. The van der Waals surface area contributed by atoms with Crippen LogP contribution in [0.5, 0.6) is 0 Å². The molecule has 3 rings (SSSR count). The lowest BCUT2D eigenvalue weighted by Gasteiger charge is -2.35. The summed E-state index contributed by atoms with van der Waals surface area (Å²) in [7, 11) is -5.35. The van der Waals surface area contributed by atoms with E-state index in [-0.39, 0.29) is 0 Å². The van der Waals surface area contributed by atoms with Gasteiger partial charge in [0.05, 0.1) is 0 Å². The summed E-state index contributed by atoms with van der Waals surface area (Å²) in [5, 5.41) is 3.45. The Kier molecular flexibility index (Phi) is 5.56. The normalized spacial score (nSPS) is 13.3. The molecular weight excluding hydrogens is 347 g/mol. The summed E-state index contributed by atoms with van der Waals surface area (Å²) in [5.41, 5.74) is -0.409. The molecule has 2 unspecified atom stereocenters. The first kappa shape index (κ1) is 17.7. The van der Waals surface area contributed by atoms with Gasteiger partial charge in [-0.25, -0.2) is 0 Å². The number of hydrogen-bond donors (Lipinski definition) is 1. The molecule has 0 spiro atoms. The Bertz CT molecular complexity index is 729. The predicted octanol–water partition coefficient (Wildman–Crippen LogP) is 2.75. The Balaban J connectivity index is 2.33. The van der Waals surface area contributed by atoms with E-state index in [0.29, 0.717) is 0 Å². The molecule has 5 heteroatoms. The molecule has 0 amide bonds. The number of rotatable bonds is 6. The second-order valence-electron chi connectivity index (χ2n) is 5.89. The van der Waals surface area contributed by atoms with Crippen molar-refractivity contribution in [1.82, 2.24) is 0 Å². The quantitative estimate of drug-likeness (QED) is 0.414. The minimum absolute atomic E-state index is 0.409. The SMILES string of the molecule is CC(O[P+](=O)O)[Si](c1ccccc1)(c1ccccc1)c1ccccc1. The molecule has 0 heterocycles. The Labute approximate surface area is 149 Å². The first-order chi connectivity index (χ1) is 12.2. The fourth-order valence-electron chi connectivity index (χ4n) is 3.52. The summed E-state index contributed by atoms with van der Waals surface area (Å²) in [6.45, 7) is 1.91. The van der Waals surface area contributed by atoms with Gasteiger partial charge >= 0.3 is 8.25 Å². The maximum absolute atomic E-state index is 11.5. The highest BCUT2D eigenvalue weighted by Crippen LogP contribution is 2.24. The molecule has 0 aliphatic heterocycles. The van der Waals surface area contributed by atoms with Crippen LogP contribution in [0, 0.1) is 0 Å². The molecule has 3 nitrogen and oxygen atoms in total. The standard InChI is InChI=1S/C20H19O3PSi/c1-17(23-24(21)22)25(18-11-5-2-6-12-18,19-13-7-3-8-14-19)20-15-9-4-10-16-20/h2-17H,1H3/p+1. The second kappa shape index (κ2) is 7.85. The van der Waals surface area contributed by atoms with Crippen molar-refractivity contribution in [2.24, 2.45) is 0 Å². The van der Waals surface area contributed by atoms with Gasteiger partial charge < -0.3 is 0 Å². The van der Waals surface area contributed by atoms with E-state index in [1.54, 1.807) is 0 Å². The van der Waals surface area contributed by atoms with Gasteiger partial charge in [0, 0.05) is 4.57 Å². The summed E-state index contributed by atoms with van der Waals surface area (Å²) in [6.07, 6.45) is 0. The van der Waals surface area contributed by atoms with E-state index in [2.05, 4.69) is 36.4 Å². The van der Waals surface area contributed by atoms with E-state index in [4.69, 9.17) is 4.52 Å². The fourth-order valence-corrected chi connectivity index (χ4v) is 9.26. The van der Waals surface area contributed by atoms with E-state index in [0.717, 1.165) is 15.6 Å². The summed E-state index contributed by atoms with van der Waals surface area (Å²) in [5.74, 6) is 0. The van der Waals surface area contributed by atoms with Crippen LogP contribution in [0.1, 0.15) is 6.92 Å². The first-order valence-electron chi connectivity index (χ1n) is 8.15. The molecular formula is C20H20O3PSi+. The van der Waals surface area contributed by atoms with Gasteiger partial charge in [0.25, 0.3) is 0 Å². The molecule has 3 aromatic carbocycles. The van der Waals surface area contributed by atoms with Gasteiger partial charge in [-0.05, 0) is 22.5 Å². The Morgan fingerprint density at radius 3 is 1.36 bits per heavy atom. The average Bonchev–Trinajstić information content (AvgIpc) is 2.64. The van der Waals surface area contributed by atoms with Gasteiger partial charge in [-0.15, -0.1) is 9.42 Å². The molecule has 0 radical (unpaired) electrons. The summed E-state index contributed by atoms with van der Waals surface area (Å²) >= 11 is 0. The van der Waals surface area contributed by atoms with E-state index in [1.165, 1.54) is 0 Å². The molecule has 0 aromatic heterocycles. The van der Waals surface area contributed by atoms with Crippen LogP contribution >= 0.6 is 8.25 Å². The lowest BCUT2D eigenvalue weighted by atomic mass is 10.3. The Hall–Kier alpha value is -2.10. The zero-order valence-electron chi connectivity index (χ0n) is 13.9. The molecule has 0 saturated heterocycles. The molecule has 0 aliphatic carbocycles. The largest absolute Gasteiger partial charge is 0.694 e. The lowest BCUT2D eigenvalue weighted by molar-refractivity contribution is 0.263. The first-order valence-corrected chi connectivity index (χ1v) is 11.4. The smallest absolute Gasteiger partial charge is 0.133 e. The molecule has 0 bridgehead atoms. The Morgan fingerprint density at radius 2 is 1.08 bits per heavy atom. The lowest BCUT2D eigenvalue weighted by Crippen LogP contribution is -2.73. The highest BCUT2D eigenvalue weighted by Gasteiger charge is 2.48. The molecule has 2 atom stereocenters. The molecule has 3 aromatic rings. The molecule has 126 valence electrons. The van der Waals surface area contributed by atoms with Crippen LogP contribution < -0.4 is 15.6 Å². The fraction of sp³-hybridized carbons (Fsp3) is 0.100. The summed E-state index contributed by atoms with van der Waals surface area (Å²) in [4.78, 5) is 9.44. The monoisotopic (exact) mass is 367 g/mol. The minimum atomic E-state index is -2.69. The second-order valence-corrected chi connectivity index (χ2v) is 10.7. The highest BCUT2D eigenvalue weighted by atomic mass is 31.1. The van der Waals surface area contributed by atoms with Crippen LogP contribution in [-0.2, 0) is 9.09 Å². The molecule has 0 aliphatic rings. The van der Waals surface area contributed by atoms with E-state index < -0.39 is 22.1 Å². The van der Waals surface area contributed by atoms with Crippen molar-refractivity contribution < 1.29 is 14.0 Å². The van der Waals surface area contributed by atoms with Crippen LogP contribution in [0.4, 0.5) is 0 Å². The maximum Gasteiger partial charge on any atom is 0.694 e. The van der Waals surface area contributed by atoms with Crippen molar-refractivity contribution in [3.8, 4) is 0 Å². The third-order valence-electron chi connectivity index (χ3n) is 4.55. The van der Waals surface area contributed by atoms with Gasteiger partial charge in [-0.3, -0.25) is 0 Å². The van der Waals surface area contributed by atoms with Crippen molar-refractivity contribution in [3.63, 3.8) is 0 Å². The number of hydrogen-bond acceptors (Lipinski definition) is 2. The van der Waals surface area contributed by atoms with E-state index >= 15 is 0 Å². The zero-order chi connectivity index (χ0) is 17.7. The minimum Gasteiger partial charge on any atom is -0.133 e. The highest BCUT2D eigenvalue weighted by molar-refractivity contribution is 7.32. The third-order valence-corrected chi connectivity index (χ3v) is 10.3. The van der Waals surface area contributed by atoms with Gasteiger partial charge in [0.1, 0.15) is 5.73 Å². The third kappa shape index (κ3) is 3.48. The van der Waals surface area contributed by atoms with Gasteiger partial charge in [0.15, 0.2) is 8.07 Å². The zero-order valence-corrected chi connectivity index (χ0v) is 15.8. The predicted molar refractivity (Wildman–Crippen MR) is 104 cm³/mol. The Morgan fingerprint density at radius 1 is 0.760 bits per heavy atom. The topological polar surface area (TPSA) is 46.5 Å². The van der Waals surface area contributed by atoms with Crippen LogP contribution in [0.3, 0.4) is 0 Å². The van der Waals surface area contributed by atoms with Gasteiger partial charge in [0.2, 0.25) is 0 Å². The van der Waals surface area contributed by atoms with Crippen LogP contribution in [0.2, 0.25) is 0 Å².